The zero-order chi connectivity index (χ0) is 20.8. The van der Waals surface area contributed by atoms with Gasteiger partial charge in [-0.2, -0.15) is 8.42 Å². The molecular weight excluding hydrogens is 415 g/mol. The SMILES string of the molecule is CCCCCCCCCCCCc1ccccc1S(=O)(=O)[O-].O=S(=O)(O)O.[Na+]. The monoisotopic (exact) mass is 446 g/mol. The zero-order valence-corrected chi connectivity index (χ0v) is 20.5. The summed E-state index contributed by atoms with van der Waals surface area (Å²) >= 11 is 0. The fourth-order valence-electron chi connectivity index (χ4n) is 2.76. The number of rotatable bonds is 12. The largest absolute Gasteiger partial charge is 1.00 e. The van der Waals surface area contributed by atoms with Gasteiger partial charge in [-0.25, -0.2) is 8.42 Å². The third kappa shape index (κ3) is 19.3. The molecule has 0 saturated carbocycles. The van der Waals surface area contributed by atoms with Crippen molar-refractivity contribution in [1.29, 1.82) is 0 Å². The third-order valence-electron chi connectivity index (χ3n) is 4.04. The van der Waals surface area contributed by atoms with Crippen LogP contribution in [0, 0.1) is 0 Å². The quantitative estimate of drug-likeness (QED) is 0.282. The van der Waals surface area contributed by atoms with Crippen molar-refractivity contribution in [2.45, 2.75) is 82.4 Å². The van der Waals surface area contributed by atoms with Gasteiger partial charge in [-0.1, -0.05) is 82.9 Å². The van der Waals surface area contributed by atoms with Gasteiger partial charge in [0.2, 0.25) is 0 Å². The first-order valence-corrected chi connectivity index (χ1v) is 12.1. The number of hydrogen-bond acceptors (Lipinski definition) is 5. The first kappa shape index (κ1) is 30.2. The predicted molar refractivity (Wildman–Crippen MR) is 104 cm³/mol. The molecule has 7 nitrogen and oxygen atoms in total. The second kappa shape index (κ2) is 16.8. The van der Waals surface area contributed by atoms with Gasteiger partial charge in [0.15, 0.2) is 0 Å². The van der Waals surface area contributed by atoms with Gasteiger partial charge in [0.05, 0.1) is 4.90 Å². The number of aryl methyl sites for hydroxylation is 1. The van der Waals surface area contributed by atoms with Gasteiger partial charge in [0.25, 0.3) is 0 Å². The standard InChI is InChI=1S/C18H30O3S.Na.H2O4S/c1-2-3-4-5-6-7-8-9-10-11-14-17-15-12-13-16-18(17)22(19,20)21;;1-5(2,3)4/h12-13,15-16H,2-11,14H2,1H3,(H,19,20,21);;(H2,1,2,3,4)/q;+1;/p-1. The van der Waals surface area contributed by atoms with Crippen molar-refractivity contribution >= 4 is 20.5 Å². The Bertz CT molecular complexity index is 711. The maximum absolute atomic E-state index is 11.2. The molecule has 0 unspecified atom stereocenters. The average Bonchev–Trinajstić information content (AvgIpc) is 2.54. The molecule has 0 aliphatic carbocycles. The molecule has 0 heterocycles. The normalized spacial score (nSPS) is 11.3. The van der Waals surface area contributed by atoms with Crippen LogP contribution in [0.15, 0.2) is 29.2 Å². The van der Waals surface area contributed by atoms with Gasteiger partial charge in [-0.05, 0) is 24.5 Å². The number of hydrogen-bond donors (Lipinski definition) is 2. The summed E-state index contributed by atoms with van der Waals surface area (Å²) in [5, 5.41) is 0. The topological polar surface area (TPSA) is 132 Å². The van der Waals surface area contributed by atoms with Crippen LogP contribution in [0.25, 0.3) is 0 Å². The van der Waals surface area contributed by atoms with Crippen LogP contribution in [-0.2, 0) is 26.9 Å². The van der Waals surface area contributed by atoms with Crippen LogP contribution in [0.1, 0.15) is 76.7 Å². The summed E-state index contributed by atoms with van der Waals surface area (Å²) in [6, 6.07) is 6.56. The maximum atomic E-state index is 11.2. The molecule has 0 fully saturated rings. The second-order valence-corrected chi connectivity index (χ2v) is 8.69. The van der Waals surface area contributed by atoms with Crippen molar-refractivity contribution in [3.8, 4) is 0 Å². The van der Waals surface area contributed by atoms with Crippen LogP contribution >= 0.6 is 0 Å². The smallest absolute Gasteiger partial charge is 0.744 e. The average molecular weight is 447 g/mol. The first-order chi connectivity index (χ1) is 12.6. The summed E-state index contributed by atoms with van der Waals surface area (Å²) in [6.07, 6.45) is 13.2. The summed E-state index contributed by atoms with van der Waals surface area (Å²) in [4.78, 5) is -0.0501. The van der Waals surface area contributed by atoms with E-state index >= 15 is 0 Å². The van der Waals surface area contributed by atoms with E-state index in [1.165, 1.54) is 57.4 Å². The van der Waals surface area contributed by atoms with Crippen molar-refractivity contribution in [3.63, 3.8) is 0 Å². The Labute approximate surface area is 191 Å². The molecule has 0 aliphatic heterocycles. The van der Waals surface area contributed by atoms with Crippen molar-refractivity contribution in [2.75, 3.05) is 0 Å². The van der Waals surface area contributed by atoms with E-state index in [4.69, 9.17) is 17.5 Å². The predicted octanol–water partition coefficient (Wildman–Crippen LogP) is 1.41. The molecule has 0 bridgehead atoms. The van der Waals surface area contributed by atoms with Gasteiger partial charge in [0.1, 0.15) is 10.1 Å². The molecule has 0 radical (unpaired) electrons. The van der Waals surface area contributed by atoms with Crippen molar-refractivity contribution in [3.05, 3.63) is 29.8 Å². The van der Waals surface area contributed by atoms with E-state index in [1.807, 2.05) is 0 Å². The van der Waals surface area contributed by atoms with E-state index in [9.17, 15) is 13.0 Å². The molecule has 1 rings (SSSR count). The van der Waals surface area contributed by atoms with Gasteiger partial charge >= 0.3 is 40.0 Å². The minimum Gasteiger partial charge on any atom is -0.744 e. The molecule has 1 aromatic rings. The summed E-state index contributed by atoms with van der Waals surface area (Å²) in [7, 11) is -9.01. The Morgan fingerprint density at radius 2 is 1.18 bits per heavy atom. The molecule has 28 heavy (non-hydrogen) atoms. The van der Waals surface area contributed by atoms with Gasteiger partial charge < -0.3 is 4.55 Å². The summed E-state index contributed by atoms with van der Waals surface area (Å²) in [5.41, 5.74) is 0.664. The molecule has 0 aromatic heterocycles. The van der Waals surface area contributed by atoms with E-state index in [0.717, 1.165) is 12.8 Å². The van der Waals surface area contributed by atoms with Crippen LogP contribution < -0.4 is 29.6 Å². The zero-order valence-electron chi connectivity index (χ0n) is 16.8. The van der Waals surface area contributed by atoms with Crippen LogP contribution in [0.2, 0.25) is 0 Å². The molecule has 0 aliphatic rings. The van der Waals surface area contributed by atoms with Crippen molar-refractivity contribution < 1.29 is 60.1 Å². The fourth-order valence-corrected chi connectivity index (χ4v) is 3.49. The summed E-state index contributed by atoms with van der Waals surface area (Å²) < 4.78 is 65.1. The minimum atomic E-state index is -4.67. The molecule has 0 saturated heterocycles. The molecule has 0 amide bonds. The second-order valence-electron chi connectivity index (χ2n) is 6.44. The molecule has 10 heteroatoms. The Hall–Kier alpha value is -0.000000000000000222. The van der Waals surface area contributed by atoms with Crippen LogP contribution in [0.3, 0.4) is 0 Å². The maximum Gasteiger partial charge on any atom is 1.00 e. The molecule has 0 atom stereocenters. The number of unbranched alkanes of at least 4 members (excludes halogenated alkanes) is 9. The Balaban J connectivity index is 0. The van der Waals surface area contributed by atoms with Gasteiger partial charge in [-0.3, -0.25) is 9.11 Å². The van der Waals surface area contributed by atoms with Gasteiger partial charge in [0, 0.05) is 0 Å². The summed E-state index contributed by atoms with van der Waals surface area (Å²) in [5.74, 6) is 0. The van der Waals surface area contributed by atoms with Gasteiger partial charge in [-0.15, -0.1) is 0 Å². The minimum absolute atomic E-state index is 0. The first-order valence-electron chi connectivity index (χ1n) is 9.29. The van der Waals surface area contributed by atoms with E-state index in [0.29, 0.717) is 12.0 Å². The Morgan fingerprint density at radius 3 is 1.61 bits per heavy atom. The number of benzene rings is 1. The van der Waals surface area contributed by atoms with E-state index in [-0.39, 0.29) is 34.5 Å². The molecule has 0 spiro atoms. The summed E-state index contributed by atoms with van der Waals surface area (Å²) in [6.45, 7) is 2.23. The molecule has 158 valence electrons. The fraction of sp³-hybridized carbons (Fsp3) is 0.667. The van der Waals surface area contributed by atoms with Crippen LogP contribution in [0.4, 0.5) is 0 Å². The van der Waals surface area contributed by atoms with Crippen molar-refractivity contribution in [1.82, 2.24) is 0 Å². The molecule has 1 aromatic carbocycles. The molecule has 2 N–H and O–H groups in total. The van der Waals surface area contributed by atoms with Crippen molar-refractivity contribution in [2.24, 2.45) is 0 Å². The van der Waals surface area contributed by atoms with E-state index in [2.05, 4.69) is 6.92 Å². The third-order valence-corrected chi connectivity index (χ3v) is 4.98. The van der Waals surface area contributed by atoms with Crippen LogP contribution in [0.5, 0.6) is 0 Å². The Morgan fingerprint density at radius 1 is 0.786 bits per heavy atom. The Kier molecular flexibility index (Phi) is 18.1. The molecular formula is C18H31NaO7S2. The van der Waals surface area contributed by atoms with E-state index < -0.39 is 20.5 Å². The van der Waals surface area contributed by atoms with E-state index in [1.54, 1.807) is 18.2 Å². The van der Waals surface area contributed by atoms with Crippen LogP contribution in [-0.4, -0.2) is 30.5 Å².